The topological polar surface area (TPSA) is 64.8 Å². The molecule has 5 heteroatoms. The summed E-state index contributed by atoms with van der Waals surface area (Å²) in [6.07, 6.45) is 7.46. The van der Waals surface area contributed by atoms with Crippen LogP contribution in [0.5, 0.6) is 0 Å². The number of aromatic nitrogens is 3. The zero-order chi connectivity index (χ0) is 16.4. The molecule has 1 saturated heterocycles. The number of benzene rings is 1. The van der Waals surface area contributed by atoms with Crippen LogP contribution in [-0.2, 0) is 17.6 Å². The Morgan fingerprint density at radius 1 is 1.29 bits per heavy atom. The normalized spacial score (nSPS) is 18.2. The molecule has 1 aromatic carbocycles. The van der Waals surface area contributed by atoms with Crippen LogP contribution in [0.2, 0.25) is 0 Å². The fourth-order valence-electron chi connectivity index (χ4n) is 3.72. The molecule has 124 valence electrons. The van der Waals surface area contributed by atoms with Gasteiger partial charge in [0.05, 0.1) is 6.42 Å². The van der Waals surface area contributed by atoms with Gasteiger partial charge >= 0.3 is 0 Å². The number of para-hydroxylation sites is 1. The van der Waals surface area contributed by atoms with Crippen LogP contribution in [0.25, 0.3) is 10.9 Å². The maximum absolute atomic E-state index is 12.7. The quantitative estimate of drug-likeness (QED) is 0.776. The Kier molecular flexibility index (Phi) is 4.07. The summed E-state index contributed by atoms with van der Waals surface area (Å²) >= 11 is 0. The monoisotopic (exact) mass is 322 g/mol. The van der Waals surface area contributed by atoms with Gasteiger partial charge in [-0.1, -0.05) is 18.2 Å². The molecular weight excluding hydrogens is 300 g/mol. The average molecular weight is 322 g/mol. The molecule has 5 nitrogen and oxygen atoms in total. The summed E-state index contributed by atoms with van der Waals surface area (Å²) in [5.74, 6) is 0.750. The van der Waals surface area contributed by atoms with Crippen LogP contribution in [0, 0.1) is 5.92 Å². The summed E-state index contributed by atoms with van der Waals surface area (Å²) in [5, 5.41) is 8.19. The lowest BCUT2D eigenvalue weighted by molar-refractivity contribution is -0.132. The number of carbonyl (C=O) groups is 1. The van der Waals surface area contributed by atoms with Crippen molar-refractivity contribution in [1.29, 1.82) is 0 Å². The molecule has 24 heavy (non-hydrogen) atoms. The van der Waals surface area contributed by atoms with Crippen LogP contribution in [0.1, 0.15) is 24.1 Å². The highest BCUT2D eigenvalue weighted by Gasteiger charge is 2.24. The summed E-state index contributed by atoms with van der Waals surface area (Å²) < 4.78 is 0. The number of hydrogen-bond donors (Lipinski definition) is 2. The minimum absolute atomic E-state index is 0.231. The first kappa shape index (κ1) is 15.0. The number of carbonyl (C=O) groups excluding carboxylic acids is 1. The zero-order valence-corrected chi connectivity index (χ0v) is 13.7. The summed E-state index contributed by atoms with van der Waals surface area (Å²) in [5.41, 5.74) is 3.34. The van der Waals surface area contributed by atoms with Crippen molar-refractivity contribution in [2.24, 2.45) is 5.92 Å². The highest BCUT2D eigenvalue weighted by atomic mass is 16.2. The first-order valence-electron chi connectivity index (χ1n) is 8.60. The van der Waals surface area contributed by atoms with Gasteiger partial charge in [0.1, 0.15) is 0 Å². The van der Waals surface area contributed by atoms with E-state index in [2.05, 4.69) is 21.2 Å². The molecule has 0 spiro atoms. The molecule has 0 bridgehead atoms. The van der Waals surface area contributed by atoms with E-state index in [4.69, 9.17) is 0 Å². The Morgan fingerprint density at radius 3 is 3.08 bits per heavy atom. The lowest BCUT2D eigenvalue weighted by Crippen LogP contribution is -2.41. The first-order chi connectivity index (χ1) is 11.8. The maximum Gasteiger partial charge on any atom is 0.227 e. The third kappa shape index (κ3) is 3.07. The van der Waals surface area contributed by atoms with Gasteiger partial charge in [-0.05, 0) is 42.9 Å². The second-order valence-corrected chi connectivity index (χ2v) is 6.67. The number of amides is 1. The summed E-state index contributed by atoms with van der Waals surface area (Å²) in [7, 11) is 0. The maximum atomic E-state index is 12.7. The standard InChI is InChI=1S/C19H22N4O/c24-19(11-15-12-20-18-6-2-1-5-17(15)18)23-9-3-4-14(13-23)10-16-7-8-21-22-16/h1-2,5-8,12,14,20H,3-4,9-11,13H2,(H,21,22)/t14-/m1/s1. The van der Waals surface area contributed by atoms with Crippen molar-refractivity contribution < 1.29 is 4.79 Å². The Hall–Kier alpha value is -2.56. The number of likely N-dealkylation sites (tertiary alicyclic amines) is 1. The smallest absolute Gasteiger partial charge is 0.227 e. The minimum atomic E-state index is 0.231. The Bertz CT molecular complexity index is 821. The van der Waals surface area contributed by atoms with Crippen molar-refractivity contribution in [3.05, 3.63) is 54.0 Å². The van der Waals surface area contributed by atoms with Crippen LogP contribution in [0.3, 0.4) is 0 Å². The van der Waals surface area contributed by atoms with Gasteiger partial charge in [0, 0.05) is 42.1 Å². The van der Waals surface area contributed by atoms with Gasteiger partial charge in [-0.2, -0.15) is 5.10 Å². The second-order valence-electron chi connectivity index (χ2n) is 6.67. The molecule has 0 unspecified atom stereocenters. The fourth-order valence-corrected chi connectivity index (χ4v) is 3.72. The van der Waals surface area contributed by atoms with E-state index in [1.165, 1.54) is 6.42 Å². The highest BCUT2D eigenvalue weighted by Crippen LogP contribution is 2.23. The van der Waals surface area contributed by atoms with Gasteiger partial charge < -0.3 is 9.88 Å². The molecule has 1 amide bonds. The second kappa shape index (κ2) is 6.51. The molecule has 0 saturated carbocycles. The predicted octanol–water partition coefficient (Wildman–Crippen LogP) is 2.91. The molecule has 3 aromatic rings. The number of piperidine rings is 1. The molecule has 2 N–H and O–H groups in total. The van der Waals surface area contributed by atoms with Gasteiger partial charge in [-0.15, -0.1) is 0 Å². The number of nitrogens with one attached hydrogen (secondary N) is 2. The van der Waals surface area contributed by atoms with E-state index in [0.29, 0.717) is 12.3 Å². The van der Waals surface area contributed by atoms with Gasteiger partial charge in [-0.25, -0.2) is 0 Å². The zero-order valence-electron chi connectivity index (χ0n) is 13.7. The summed E-state index contributed by atoms with van der Waals surface area (Å²) in [6, 6.07) is 10.2. The molecule has 1 aliphatic rings. The number of aromatic amines is 2. The number of fused-ring (bicyclic) bond motifs is 1. The van der Waals surface area contributed by atoms with Crippen LogP contribution in [0.4, 0.5) is 0 Å². The molecule has 3 heterocycles. The summed E-state index contributed by atoms with van der Waals surface area (Å²) in [4.78, 5) is 18.0. The van der Waals surface area contributed by atoms with Crippen LogP contribution >= 0.6 is 0 Å². The molecule has 1 atom stereocenters. The van der Waals surface area contributed by atoms with Gasteiger partial charge in [-0.3, -0.25) is 9.89 Å². The number of rotatable bonds is 4. The third-order valence-corrected chi connectivity index (χ3v) is 4.96. The van der Waals surface area contributed by atoms with Crippen LogP contribution < -0.4 is 0 Å². The van der Waals surface area contributed by atoms with Crippen LogP contribution in [-0.4, -0.2) is 39.1 Å². The number of hydrogen-bond acceptors (Lipinski definition) is 2. The lowest BCUT2D eigenvalue weighted by Gasteiger charge is -2.32. The Morgan fingerprint density at radius 2 is 2.21 bits per heavy atom. The Labute approximate surface area is 141 Å². The van der Waals surface area contributed by atoms with E-state index in [9.17, 15) is 4.79 Å². The van der Waals surface area contributed by atoms with Crippen molar-refractivity contribution >= 4 is 16.8 Å². The molecule has 2 aromatic heterocycles. The molecule has 1 fully saturated rings. The van der Waals surface area contributed by atoms with E-state index in [0.717, 1.165) is 48.1 Å². The number of H-pyrrole nitrogens is 2. The van der Waals surface area contributed by atoms with Crippen LogP contribution in [0.15, 0.2) is 42.7 Å². The van der Waals surface area contributed by atoms with E-state index in [-0.39, 0.29) is 5.91 Å². The number of nitrogens with zero attached hydrogens (tertiary/aromatic N) is 2. The SMILES string of the molecule is O=C(Cc1c[nH]c2ccccc12)N1CCC[C@H](Cc2ccn[nH]2)C1. The molecule has 0 aliphatic carbocycles. The minimum Gasteiger partial charge on any atom is -0.361 e. The van der Waals surface area contributed by atoms with E-state index in [1.807, 2.05) is 35.4 Å². The third-order valence-electron chi connectivity index (χ3n) is 4.96. The van der Waals surface area contributed by atoms with Crippen molar-refractivity contribution in [2.75, 3.05) is 13.1 Å². The molecule has 4 rings (SSSR count). The van der Waals surface area contributed by atoms with Crippen molar-refractivity contribution in [3.8, 4) is 0 Å². The average Bonchev–Trinajstić information content (AvgIpc) is 3.25. The molecule has 1 aliphatic heterocycles. The highest BCUT2D eigenvalue weighted by molar-refractivity contribution is 5.88. The van der Waals surface area contributed by atoms with E-state index in [1.54, 1.807) is 6.20 Å². The lowest BCUT2D eigenvalue weighted by atomic mass is 9.93. The van der Waals surface area contributed by atoms with Crippen molar-refractivity contribution in [2.45, 2.75) is 25.7 Å². The predicted molar refractivity (Wildman–Crippen MR) is 93.6 cm³/mol. The van der Waals surface area contributed by atoms with Gasteiger partial charge in [0.15, 0.2) is 0 Å². The first-order valence-corrected chi connectivity index (χ1v) is 8.60. The fraction of sp³-hybridized carbons (Fsp3) is 0.368. The van der Waals surface area contributed by atoms with Crippen molar-refractivity contribution in [1.82, 2.24) is 20.1 Å². The van der Waals surface area contributed by atoms with Gasteiger partial charge in [0.25, 0.3) is 0 Å². The summed E-state index contributed by atoms with van der Waals surface area (Å²) in [6.45, 7) is 1.72. The van der Waals surface area contributed by atoms with Gasteiger partial charge in [0.2, 0.25) is 5.91 Å². The van der Waals surface area contributed by atoms with E-state index < -0.39 is 0 Å². The van der Waals surface area contributed by atoms with Crippen molar-refractivity contribution in [3.63, 3.8) is 0 Å². The molecular formula is C19H22N4O. The molecule has 0 radical (unpaired) electrons. The largest absolute Gasteiger partial charge is 0.361 e. The van der Waals surface area contributed by atoms with E-state index >= 15 is 0 Å². The Balaban J connectivity index is 1.42.